The van der Waals surface area contributed by atoms with Crippen molar-refractivity contribution in [3.8, 4) is 5.75 Å². The van der Waals surface area contributed by atoms with Gasteiger partial charge in [-0.2, -0.15) is 0 Å². The number of hydrogen-bond donors (Lipinski definition) is 2. The van der Waals surface area contributed by atoms with Crippen molar-refractivity contribution in [3.63, 3.8) is 0 Å². The quantitative estimate of drug-likeness (QED) is 0.523. The second-order valence-electron chi connectivity index (χ2n) is 6.80. The number of nitrogens with zero attached hydrogens (tertiary/aromatic N) is 2. The Hall–Kier alpha value is -1.76. The normalized spacial score (nSPS) is 24.8. The largest absolute Gasteiger partial charge is 0.490 e. The third-order valence-electron chi connectivity index (χ3n) is 4.89. The van der Waals surface area contributed by atoms with Crippen molar-refractivity contribution < 1.29 is 23.3 Å². The number of para-hydroxylation sites is 1. The van der Waals surface area contributed by atoms with Gasteiger partial charge in [-0.15, -0.1) is 0 Å². The lowest BCUT2D eigenvalue weighted by atomic mass is 10.1. The minimum absolute atomic E-state index is 0.200. The van der Waals surface area contributed by atoms with Crippen molar-refractivity contribution in [2.75, 3.05) is 39.3 Å². The Labute approximate surface area is 182 Å². The summed E-state index contributed by atoms with van der Waals surface area (Å²) in [6.07, 6.45) is -1.88. The lowest BCUT2D eigenvalue weighted by Gasteiger charge is -2.25. The van der Waals surface area contributed by atoms with Gasteiger partial charge in [-0.25, -0.2) is 9.37 Å². The van der Waals surface area contributed by atoms with E-state index in [9.17, 15) is 0 Å². The number of ether oxygens (including phenoxy) is 4. The first-order valence-electron chi connectivity index (χ1n) is 9.42. The fourth-order valence-electron chi connectivity index (χ4n) is 3.54. The molecule has 2 aliphatic rings. The molecule has 1 saturated heterocycles. The Morgan fingerprint density at radius 1 is 1.37 bits per heavy atom. The second-order valence-corrected chi connectivity index (χ2v) is 8.25. The number of aromatic nitrogens is 2. The predicted octanol–water partition coefficient (Wildman–Crippen LogP) is 3.06. The van der Waals surface area contributed by atoms with Crippen molar-refractivity contribution in [2.45, 2.75) is 34.4 Å². The van der Waals surface area contributed by atoms with E-state index < -0.39 is 24.6 Å². The van der Waals surface area contributed by atoms with Crippen LogP contribution in [0.2, 0.25) is 0 Å². The monoisotopic (exact) mass is 454 g/mol. The third kappa shape index (κ3) is 3.93. The molecule has 11 heteroatoms. The molecular weight excluding hydrogens is 431 g/mol. The molecule has 0 bridgehead atoms. The van der Waals surface area contributed by atoms with Crippen LogP contribution in [-0.4, -0.2) is 61.9 Å². The molecule has 4 atom stereocenters. The van der Waals surface area contributed by atoms with E-state index in [1.165, 1.54) is 30.5 Å². The van der Waals surface area contributed by atoms with E-state index in [-0.39, 0.29) is 11.4 Å². The molecule has 0 aliphatic carbocycles. The first-order valence-corrected chi connectivity index (χ1v) is 10.6. The number of anilines is 2. The Kier molecular flexibility index (Phi) is 6.56. The number of nitrogens with two attached hydrogens (primary N) is 1. The van der Waals surface area contributed by atoms with E-state index >= 15 is 4.39 Å². The van der Waals surface area contributed by atoms with Gasteiger partial charge in [0.15, 0.2) is 12.4 Å². The summed E-state index contributed by atoms with van der Waals surface area (Å²) in [4.78, 5) is 6.24. The van der Waals surface area contributed by atoms with Gasteiger partial charge in [0.1, 0.15) is 30.4 Å². The van der Waals surface area contributed by atoms with E-state index in [4.69, 9.17) is 36.9 Å². The number of methoxy groups -OCH3 is 2. The third-order valence-corrected chi connectivity index (χ3v) is 6.27. The highest BCUT2D eigenvalue weighted by Crippen LogP contribution is 2.47. The van der Waals surface area contributed by atoms with Crippen molar-refractivity contribution in [3.05, 3.63) is 29.2 Å². The molecular formula is C19H23FN4O4S2. The number of rotatable bonds is 7. The maximum Gasteiger partial charge on any atom is 0.203 e. The van der Waals surface area contributed by atoms with Crippen molar-refractivity contribution in [1.29, 1.82) is 0 Å². The summed E-state index contributed by atoms with van der Waals surface area (Å²) >= 11 is 6.94. The molecule has 30 heavy (non-hydrogen) atoms. The molecule has 2 aliphatic heterocycles. The van der Waals surface area contributed by atoms with Gasteiger partial charge < -0.3 is 30.0 Å². The van der Waals surface area contributed by atoms with Crippen LogP contribution in [0, 0.1) is 4.77 Å². The number of nitrogens with one attached hydrogen (secondary N) is 1. The highest BCUT2D eigenvalue weighted by molar-refractivity contribution is 7.99. The van der Waals surface area contributed by atoms with Gasteiger partial charge in [-0.05, 0) is 24.4 Å². The van der Waals surface area contributed by atoms with Crippen molar-refractivity contribution in [2.24, 2.45) is 5.73 Å². The molecule has 1 fully saturated rings. The number of hydrogen-bond acceptors (Lipinski definition) is 9. The molecule has 4 rings (SSSR count). The van der Waals surface area contributed by atoms with E-state index in [0.29, 0.717) is 24.7 Å². The summed E-state index contributed by atoms with van der Waals surface area (Å²) in [5, 5.41) is 3.28. The first-order chi connectivity index (χ1) is 14.6. The smallest absolute Gasteiger partial charge is 0.203 e. The molecule has 0 saturated carbocycles. The topological polar surface area (TPSA) is 92.8 Å². The lowest BCUT2D eigenvalue weighted by Crippen LogP contribution is -2.33. The number of alkyl halides is 1. The van der Waals surface area contributed by atoms with Crippen molar-refractivity contribution in [1.82, 2.24) is 9.55 Å². The van der Waals surface area contributed by atoms with Crippen molar-refractivity contribution >= 4 is 35.5 Å². The fraction of sp³-hybridized carbons (Fsp3) is 0.474. The van der Waals surface area contributed by atoms with E-state index in [1.54, 1.807) is 6.20 Å². The zero-order valence-corrected chi connectivity index (χ0v) is 18.2. The number of halogens is 1. The highest BCUT2D eigenvalue weighted by atomic mass is 32.2. The molecule has 8 nitrogen and oxygen atoms in total. The van der Waals surface area contributed by atoms with Gasteiger partial charge in [0, 0.05) is 31.9 Å². The average Bonchev–Trinajstić information content (AvgIpc) is 3.05. The van der Waals surface area contributed by atoms with Crippen LogP contribution in [0.1, 0.15) is 6.23 Å². The Morgan fingerprint density at radius 2 is 2.20 bits per heavy atom. The SMILES string of the molecule is COC[C@H]1O[C@@H](n2cc3c(nc2=S)Nc2c(OCCN)cccc2S3)[C@@H](F)C1OC. The van der Waals surface area contributed by atoms with Crippen LogP contribution < -0.4 is 15.8 Å². The Balaban J connectivity index is 1.64. The minimum atomic E-state index is -1.41. The minimum Gasteiger partial charge on any atom is -0.490 e. The zero-order chi connectivity index (χ0) is 21.3. The zero-order valence-electron chi connectivity index (χ0n) is 16.5. The summed E-state index contributed by atoms with van der Waals surface area (Å²) in [6, 6.07) is 5.74. The van der Waals surface area contributed by atoms with Crippen LogP contribution in [0.25, 0.3) is 0 Å². The van der Waals surface area contributed by atoms with Crippen LogP contribution in [-0.2, 0) is 14.2 Å². The van der Waals surface area contributed by atoms with Gasteiger partial charge in [0.2, 0.25) is 4.77 Å². The van der Waals surface area contributed by atoms with Gasteiger partial charge >= 0.3 is 0 Å². The van der Waals surface area contributed by atoms with Gasteiger partial charge in [0.05, 0.1) is 17.2 Å². The predicted molar refractivity (Wildman–Crippen MR) is 113 cm³/mol. The fourth-order valence-corrected chi connectivity index (χ4v) is 4.79. The van der Waals surface area contributed by atoms with Gasteiger partial charge in [-0.3, -0.25) is 4.57 Å². The molecule has 1 unspecified atom stereocenters. The number of fused-ring (bicyclic) bond motifs is 2. The van der Waals surface area contributed by atoms with Crippen LogP contribution in [0.4, 0.5) is 15.9 Å². The molecule has 0 radical (unpaired) electrons. The summed E-state index contributed by atoms with van der Waals surface area (Å²) < 4.78 is 38.9. The van der Waals surface area contributed by atoms with E-state index in [1.807, 2.05) is 18.2 Å². The molecule has 2 aromatic rings. The average molecular weight is 455 g/mol. The maximum absolute atomic E-state index is 15.1. The second kappa shape index (κ2) is 9.16. The molecule has 0 spiro atoms. The van der Waals surface area contributed by atoms with Crippen LogP contribution in [0.5, 0.6) is 5.75 Å². The number of benzene rings is 1. The molecule has 0 amide bonds. The maximum atomic E-state index is 15.1. The molecule has 1 aromatic heterocycles. The summed E-state index contributed by atoms with van der Waals surface area (Å²) in [7, 11) is 2.99. The summed E-state index contributed by atoms with van der Waals surface area (Å²) in [5.41, 5.74) is 6.35. The first kappa shape index (κ1) is 21.5. The Bertz CT molecular complexity index is 976. The standard InChI is InChI=1S/C19H23FN4O4S2/c1-25-9-11-16(26-2)14(20)18(28-11)24-8-13-17(23-19(24)29)22-15-10(27-7-6-21)4-3-5-12(15)30-13/h3-5,8,11,14,16,18H,6-7,9,21H2,1-2H3,(H,22,23,29)/t11-,14+,16?,18-/m1/s1. The summed E-state index contributed by atoms with van der Waals surface area (Å²) in [6.45, 7) is 1.04. The summed E-state index contributed by atoms with van der Waals surface area (Å²) in [5.74, 6) is 1.27. The molecule has 3 heterocycles. The molecule has 162 valence electrons. The van der Waals surface area contributed by atoms with Gasteiger partial charge in [0.25, 0.3) is 0 Å². The van der Waals surface area contributed by atoms with E-state index in [2.05, 4.69) is 10.3 Å². The van der Waals surface area contributed by atoms with Crippen LogP contribution in [0.15, 0.2) is 34.2 Å². The lowest BCUT2D eigenvalue weighted by molar-refractivity contribution is -0.0621. The molecule has 3 N–H and O–H groups in total. The van der Waals surface area contributed by atoms with Crippen LogP contribution >= 0.6 is 24.0 Å². The van der Waals surface area contributed by atoms with E-state index in [0.717, 1.165) is 15.5 Å². The molecule has 1 aromatic carbocycles. The Morgan fingerprint density at radius 3 is 2.93 bits per heavy atom. The highest BCUT2D eigenvalue weighted by Gasteiger charge is 2.46. The van der Waals surface area contributed by atoms with Crippen LogP contribution in [0.3, 0.4) is 0 Å². The van der Waals surface area contributed by atoms with Gasteiger partial charge in [-0.1, -0.05) is 17.8 Å².